The van der Waals surface area contributed by atoms with Crippen molar-refractivity contribution in [2.75, 3.05) is 0 Å². The summed E-state index contributed by atoms with van der Waals surface area (Å²) in [5.74, 6) is 1.92. The molecular formula is C28H58. The molecule has 0 spiro atoms. The van der Waals surface area contributed by atoms with E-state index in [1.165, 1.54) is 141 Å². The van der Waals surface area contributed by atoms with E-state index in [0.29, 0.717) is 0 Å². The van der Waals surface area contributed by atoms with E-state index < -0.39 is 0 Å². The van der Waals surface area contributed by atoms with Gasteiger partial charge in [0.15, 0.2) is 0 Å². The van der Waals surface area contributed by atoms with Gasteiger partial charge in [-0.2, -0.15) is 0 Å². The normalized spacial score (nSPS) is 13.7. The lowest BCUT2D eigenvalue weighted by Gasteiger charge is -2.13. The molecule has 0 heterocycles. The third kappa shape index (κ3) is 22.3. The van der Waals surface area contributed by atoms with E-state index in [0.717, 1.165) is 11.8 Å². The lowest BCUT2D eigenvalue weighted by molar-refractivity contribution is 0.400. The molecule has 0 saturated heterocycles. The molecule has 0 aromatic carbocycles. The SMILES string of the molecule is CCCCCCCCCCCC(C)CCCCC(C)CCCCCCCCC. The minimum atomic E-state index is 0.961. The average Bonchev–Trinajstić information content (AvgIpc) is 2.69. The lowest BCUT2D eigenvalue weighted by atomic mass is 9.93. The van der Waals surface area contributed by atoms with Crippen molar-refractivity contribution >= 4 is 0 Å². The molecule has 0 aliphatic heterocycles. The lowest BCUT2D eigenvalue weighted by Crippen LogP contribution is -1.98. The van der Waals surface area contributed by atoms with Gasteiger partial charge in [0.2, 0.25) is 0 Å². The maximum absolute atomic E-state index is 2.49. The maximum atomic E-state index is 2.49. The Morgan fingerprint density at radius 1 is 0.321 bits per heavy atom. The summed E-state index contributed by atoms with van der Waals surface area (Å²) >= 11 is 0. The van der Waals surface area contributed by atoms with E-state index in [1.807, 2.05) is 0 Å². The van der Waals surface area contributed by atoms with Crippen molar-refractivity contribution in [2.24, 2.45) is 11.8 Å². The second-order valence-corrected chi connectivity index (χ2v) is 10.0. The third-order valence-electron chi connectivity index (χ3n) is 6.74. The molecule has 0 saturated carbocycles. The molecule has 0 radical (unpaired) electrons. The Morgan fingerprint density at radius 2 is 0.536 bits per heavy atom. The minimum Gasteiger partial charge on any atom is -0.0654 e. The summed E-state index contributed by atoms with van der Waals surface area (Å²) in [7, 11) is 0. The highest BCUT2D eigenvalue weighted by Gasteiger charge is 2.05. The van der Waals surface area contributed by atoms with Crippen molar-refractivity contribution in [3.8, 4) is 0 Å². The van der Waals surface area contributed by atoms with E-state index >= 15 is 0 Å². The first-order valence-electron chi connectivity index (χ1n) is 13.7. The molecule has 0 aliphatic rings. The second-order valence-electron chi connectivity index (χ2n) is 10.0. The highest BCUT2D eigenvalue weighted by Crippen LogP contribution is 2.21. The highest BCUT2D eigenvalue weighted by molar-refractivity contribution is 4.59. The molecule has 0 rings (SSSR count). The molecule has 28 heavy (non-hydrogen) atoms. The largest absolute Gasteiger partial charge is 0.0654 e. The fourth-order valence-corrected chi connectivity index (χ4v) is 4.53. The fourth-order valence-electron chi connectivity index (χ4n) is 4.53. The summed E-state index contributed by atoms with van der Waals surface area (Å²) in [6, 6.07) is 0. The van der Waals surface area contributed by atoms with Crippen LogP contribution >= 0.6 is 0 Å². The van der Waals surface area contributed by atoms with Gasteiger partial charge in [0.25, 0.3) is 0 Å². The summed E-state index contributed by atoms with van der Waals surface area (Å²) < 4.78 is 0. The van der Waals surface area contributed by atoms with Gasteiger partial charge in [0.05, 0.1) is 0 Å². The summed E-state index contributed by atoms with van der Waals surface area (Å²) in [6.07, 6.45) is 32.2. The average molecular weight is 395 g/mol. The van der Waals surface area contributed by atoms with Gasteiger partial charge in [0.1, 0.15) is 0 Å². The van der Waals surface area contributed by atoms with Gasteiger partial charge in [0, 0.05) is 0 Å². The van der Waals surface area contributed by atoms with E-state index in [4.69, 9.17) is 0 Å². The first kappa shape index (κ1) is 28.0. The van der Waals surface area contributed by atoms with Gasteiger partial charge >= 0.3 is 0 Å². The molecule has 0 fully saturated rings. The van der Waals surface area contributed by atoms with E-state index in [1.54, 1.807) is 0 Å². The van der Waals surface area contributed by atoms with Crippen molar-refractivity contribution in [2.45, 2.75) is 169 Å². The van der Waals surface area contributed by atoms with Gasteiger partial charge in [-0.1, -0.05) is 169 Å². The van der Waals surface area contributed by atoms with Crippen LogP contribution in [-0.4, -0.2) is 0 Å². The predicted octanol–water partition coefficient (Wildman–Crippen LogP) is 10.9. The van der Waals surface area contributed by atoms with Crippen LogP contribution in [0.25, 0.3) is 0 Å². The van der Waals surface area contributed by atoms with Gasteiger partial charge in [-0.05, 0) is 11.8 Å². The molecule has 2 atom stereocenters. The molecule has 0 nitrogen and oxygen atoms in total. The number of hydrogen-bond acceptors (Lipinski definition) is 0. The van der Waals surface area contributed by atoms with Crippen LogP contribution in [0.1, 0.15) is 169 Å². The van der Waals surface area contributed by atoms with Crippen molar-refractivity contribution in [1.29, 1.82) is 0 Å². The predicted molar refractivity (Wildman–Crippen MR) is 131 cm³/mol. The van der Waals surface area contributed by atoms with Gasteiger partial charge < -0.3 is 0 Å². The van der Waals surface area contributed by atoms with E-state index in [9.17, 15) is 0 Å². The molecular weight excluding hydrogens is 336 g/mol. The maximum Gasteiger partial charge on any atom is -0.0443 e. The van der Waals surface area contributed by atoms with Gasteiger partial charge in [-0.3, -0.25) is 0 Å². The molecule has 0 aliphatic carbocycles. The standard InChI is InChI=1S/C28H58/c1-5-7-9-11-13-14-16-18-20-24-28(4)26-22-21-25-27(3)23-19-17-15-12-10-8-6-2/h27-28H,5-26H2,1-4H3. The number of hydrogen-bond donors (Lipinski definition) is 0. The first-order valence-corrected chi connectivity index (χ1v) is 13.7. The Morgan fingerprint density at radius 3 is 0.821 bits per heavy atom. The molecule has 0 heteroatoms. The van der Waals surface area contributed by atoms with Crippen LogP contribution in [0.3, 0.4) is 0 Å². The van der Waals surface area contributed by atoms with Crippen molar-refractivity contribution in [3.63, 3.8) is 0 Å². The molecule has 170 valence electrons. The van der Waals surface area contributed by atoms with E-state index in [-0.39, 0.29) is 0 Å². The summed E-state index contributed by atoms with van der Waals surface area (Å²) in [5, 5.41) is 0. The highest BCUT2D eigenvalue weighted by atomic mass is 14.1. The number of rotatable bonds is 23. The summed E-state index contributed by atoms with van der Waals surface area (Å²) in [5.41, 5.74) is 0. The van der Waals surface area contributed by atoms with Crippen molar-refractivity contribution < 1.29 is 0 Å². The minimum absolute atomic E-state index is 0.961. The van der Waals surface area contributed by atoms with Gasteiger partial charge in [-0.15, -0.1) is 0 Å². The summed E-state index contributed by atoms with van der Waals surface area (Å²) in [4.78, 5) is 0. The Hall–Kier alpha value is 0. The quantitative estimate of drug-likeness (QED) is 0.151. The van der Waals surface area contributed by atoms with Gasteiger partial charge in [-0.25, -0.2) is 0 Å². The molecule has 0 aromatic rings. The van der Waals surface area contributed by atoms with Crippen LogP contribution in [0.4, 0.5) is 0 Å². The Labute approximate surface area is 181 Å². The molecule has 0 N–H and O–H groups in total. The zero-order chi connectivity index (χ0) is 20.7. The Bertz CT molecular complexity index is 269. The zero-order valence-corrected chi connectivity index (χ0v) is 20.7. The first-order chi connectivity index (χ1) is 13.7. The van der Waals surface area contributed by atoms with Crippen molar-refractivity contribution in [1.82, 2.24) is 0 Å². The van der Waals surface area contributed by atoms with Crippen LogP contribution in [0.5, 0.6) is 0 Å². The van der Waals surface area contributed by atoms with Crippen LogP contribution in [-0.2, 0) is 0 Å². The summed E-state index contributed by atoms with van der Waals surface area (Å²) in [6.45, 7) is 9.59. The Kier molecular flexibility index (Phi) is 23.3. The van der Waals surface area contributed by atoms with Crippen LogP contribution < -0.4 is 0 Å². The van der Waals surface area contributed by atoms with Crippen LogP contribution in [0.15, 0.2) is 0 Å². The third-order valence-corrected chi connectivity index (χ3v) is 6.74. The fraction of sp³-hybridized carbons (Fsp3) is 1.00. The van der Waals surface area contributed by atoms with E-state index in [2.05, 4.69) is 27.7 Å². The Balaban J connectivity index is 3.27. The van der Waals surface area contributed by atoms with Crippen molar-refractivity contribution in [3.05, 3.63) is 0 Å². The topological polar surface area (TPSA) is 0 Å². The molecule has 0 amide bonds. The molecule has 2 unspecified atom stereocenters. The molecule has 0 bridgehead atoms. The second kappa shape index (κ2) is 23.3. The van der Waals surface area contributed by atoms with Crippen LogP contribution in [0, 0.1) is 11.8 Å². The molecule has 0 aromatic heterocycles. The number of unbranched alkanes of at least 4 members (excludes halogenated alkanes) is 15. The monoisotopic (exact) mass is 394 g/mol. The van der Waals surface area contributed by atoms with Crippen LogP contribution in [0.2, 0.25) is 0 Å². The smallest absolute Gasteiger partial charge is 0.0443 e. The zero-order valence-electron chi connectivity index (χ0n) is 20.7.